The number of allylic oxidation sites excluding steroid dienone is 5. The molecule has 0 heterocycles. The largest absolute Gasteiger partial charge is 0.466 e. The molecule has 2 atom stereocenters. The second kappa shape index (κ2) is 64.6. The van der Waals surface area contributed by atoms with Crippen LogP contribution in [0.5, 0.6) is 0 Å². The lowest BCUT2D eigenvalue weighted by Crippen LogP contribution is -2.45. The number of esters is 1. The van der Waals surface area contributed by atoms with Gasteiger partial charge in [-0.2, -0.15) is 0 Å². The van der Waals surface area contributed by atoms with Crippen LogP contribution in [-0.4, -0.2) is 47.4 Å². The summed E-state index contributed by atoms with van der Waals surface area (Å²) in [6, 6.07) is -0.623. The van der Waals surface area contributed by atoms with Crippen LogP contribution in [0.15, 0.2) is 36.5 Å². The SMILES string of the molecule is CCCC/C=C\CCCCCCCC(=O)OCCCCCCCCCCCCCCCCCC/C=C\CCCCCCCCCCCCCCCCCCCC(=O)NC(CO)C(O)/C=C/CCCCCCCCCC. The molecule has 0 aliphatic heterocycles. The summed E-state index contributed by atoms with van der Waals surface area (Å²) >= 11 is 0. The fourth-order valence-electron chi connectivity index (χ4n) is 10.4. The summed E-state index contributed by atoms with van der Waals surface area (Å²) < 4.78 is 5.47. The summed E-state index contributed by atoms with van der Waals surface area (Å²) in [5, 5.41) is 23.0. The second-order valence-electron chi connectivity index (χ2n) is 23.1. The van der Waals surface area contributed by atoms with Gasteiger partial charge in [0.15, 0.2) is 0 Å². The number of amides is 1. The Morgan fingerprint density at radius 3 is 0.987 bits per heavy atom. The van der Waals surface area contributed by atoms with Crippen LogP contribution in [0.2, 0.25) is 0 Å². The number of hydrogen-bond acceptors (Lipinski definition) is 5. The predicted octanol–water partition coefficient (Wildman–Crippen LogP) is 21.5. The smallest absolute Gasteiger partial charge is 0.305 e. The molecule has 0 saturated heterocycles. The summed E-state index contributed by atoms with van der Waals surface area (Å²) in [5.74, 6) is -0.0548. The van der Waals surface area contributed by atoms with Gasteiger partial charge in [-0.3, -0.25) is 9.59 Å². The van der Waals surface area contributed by atoms with Gasteiger partial charge in [0.1, 0.15) is 0 Å². The Hall–Kier alpha value is -1.92. The summed E-state index contributed by atoms with van der Waals surface area (Å²) in [5.41, 5.74) is 0. The van der Waals surface area contributed by atoms with E-state index >= 15 is 0 Å². The molecule has 3 N–H and O–H groups in total. The molecule has 0 aliphatic carbocycles. The summed E-state index contributed by atoms with van der Waals surface area (Å²) in [4.78, 5) is 24.4. The first-order chi connectivity index (χ1) is 37.0. The third-order valence-electron chi connectivity index (χ3n) is 15.6. The second-order valence-corrected chi connectivity index (χ2v) is 23.1. The van der Waals surface area contributed by atoms with E-state index in [2.05, 4.69) is 43.5 Å². The highest BCUT2D eigenvalue weighted by molar-refractivity contribution is 5.76. The molecule has 75 heavy (non-hydrogen) atoms. The van der Waals surface area contributed by atoms with Crippen molar-refractivity contribution in [1.82, 2.24) is 5.32 Å². The monoisotopic (exact) mass is 1050 g/mol. The number of aliphatic hydroxyl groups excluding tert-OH is 2. The van der Waals surface area contributed by atoms with Gasteiger partial charge in [0.2, 0.25) is 5.91 Å². The predicted molar refractivity (Wildman–Crippen MR) is 329 cm³/mol. The van der Waals surface area contributed by atoms with E-state index in [1.54, 1.807) is 6.08 Å². The molecular weight excluding hydrogens is 923 g/mol. The molecule has 0 saturated carbocycles. The van der Waals surface area contributed by atoms with Crippen molar-refractivity contribution in [3.63, 3.8) is 0 Å². The Labute approximate surface area is 468 Å². The number of unbranched alkanes of at least 4 members (excludes halogenated alkanes) is 48. The molecule has 0 spiro atoms. The van der Waals surface area contributed by atoms with Crippen LogP contribution in [0, 0.1) is 0 Å². The standard InChI is InChI=1S/C69H131NO5/c1-3-5-7-9-11-13-42-47-51-55-59-63-69(74)75-64-60-56-52-48-44-41-39-37-35-33-31-29-27-25-23-21-19-17-15-16-18-20-22-24-26-28-30-32-34-36-38-40-43-46-50-54-58-62-68(73)70-66(65-71)67(72)61-57-53-49-45-14-12-10-8-6-4-2/h9,11,15,17,57,61,66-67,71-72H,3-8,10,12-14,16,18-56,58-60,62-65H2,1-2H3,(H,70,73)/b11-9-,17-15-,61-57+. The highest BCUT2D eigenvalue weighted by Crippen LogP contribution is 2.18. The van der Waals surface area contributed by atoms with E-state index in [9.17, 15) is 19.8 Å². The fraction of sp³-hybridized carbons (Fsp3) is 0.884. The van der Waals surface area contributed by atoms with Crippen LogP contribution in [-0.2, 0) is 14.3 Å². The van der Waals surface area contributed by atoms with Gasteiger partial charge in [-0.05, 0) is 77.0 Å². The van der Waals surface area contributed by atoms with E-state index in [1.807, 2.05) is 6.08 Å². The van der Waals surface area contributed by atoms with Crippen molar-refractivity contribution in [2.24, 2.45) is 0 Å². The zero-order chi connectivity index (χ0) is 54.3. The fourth-order valence-corrected chi connectivity index (χ4v) is 10.4. The third-order valence-corrected chi connectivity index (χ3v) is 15.6. The average Bonchev–Trinajstić information content (AvgIpc) is 3.41. The van der Waals surface area contributed by atoms with Crippen molar-refractivity contribution in [3.05, 3.63) is 36.5 Å². The number of ether oxygens (including phenoxy) is 1. The Morgan fingerprint density at radius 1 is 0.360 bits per heavy atom. The van der Waals surface area contributed by atoms with Crippen LogP contribution in [0.25, 0.3) is 0 Å². The van der Waals surface area contributed by atoms with Crippen molar-refractivity contribution in [1.29, 1.82) is 0 Å². The highest BCUT2D eigenvalue weighted by atomic mass is 16.5. The van der Waals surface area contributed by atoms with Gasteiger partial charge >= 0.3 is 5.97 Å². The Morgan fingerprint density at radius 2 is 0.640 bits per heavy atom. The average molecular weight is 1050 g/mol. The van der Waals surface area contributed by atoms with Crippen molar-refractivity contribution in [2.45, 2.75) is 379 Å². The maximum absolute atomic E-state index is 12.4. The van der Waals surface area contributed by atoms with E-state index < -0.39 is 12.1 Å². The van der Waals surface area contributed by atoms with E-state index in [0.717, 1.165) is 44.9 Å². The summed E-state index contributed by atoms with van der Waals surface area (Å²) in [7, 11) is 0. The van der Waals surface area contributed by atoms with Crippen LogP contribution in [0.1, 0.15) is 367 Å². The zero-order valence-corrected chi connectivity index (χ0v) is 50.5. The third kappa shape index (κ3) is 61.2. The molecule has 6 heteroatoms. The molecule has 0 aromatic rings. The van der Waals surface area contributed by atoms with E-state index in [0.29, 0.717) is 19.4 Å². The lowest BCUT2D eigenvalue weighted by molar-refractivity contribution is -0.143. The van der Waals surface area contributed by atoms with Crippen LogP contribution in [0.4, 0.5) is 0 Å². The van der Waals surface area contributed by atoms with Crippen LogP contribution < -0.4 is 5.32 Å². The molecule has 0 radical (unpaired) electrons. The first-order valence-corrected chi connectivity index (χ1v) is 33.8. The topological polar surface area (TPSA) is 95.9 Å². The van der Waals surface area contributed by atoms with Gasteiger partial charge in [0.05, 0.1) is 25.4 Å². The van der Waals surface area contributed by atoms with Gasteiger partial charge in [-0.1, -0.05) is 314 Å². The van der Waals surface area contributed by atoms with E-state index in [1.165, 1.54) is 295 Å². The first-order valence-electron chi connectivity index (χ1n) is 33.8. The molecule has 0 bridgehead atoms. The number of aliphatic hydroxyl groups is 2. The Balaban J connectivity index is 3.32. The molecule has 0 aliphatic rings. The van der Waals surface area contributed by atoms with Crippen molar-refractivity contribution in [3.8, 4) is 0 Å². The van der Waals surface area contributed by atoms with Gasteiger partial charge in [0.25, 0.3) is 0 Å². The normalized spacial score (nSPS) is 12.7. The minimum absolute atomic E-state index is 0.0101. The number of rotatable bonds is 63. The molecule has 0 aromatic carbocycles. The van der Waals surface area contributed by atoms with Crippen LogP contribution >= 0.6 is 0 Å². The zero-order valence-electron chi connectivity index (χ0n) is 50.5. The molecular formula is C69H131NO5. The number of hydrogen-bond donors (Lipinski definition) is 3. The molecule has 442 valence electrons. The minimum atomic E-state index is -0.839. The summed E-state index contributed by atoms with van der Waals surface area (Å²) in [6.45, 7) is 4.86. The molecule has 6 nitrogen and oxygen atoms in total. The number of carbonyl (C=O) groups is 2. The van der Waals surface area contributed by atoms with Crippen molar-refractivity contribution < 1.29 is 24.5 Å². The molecule has 1 amide bonds. The summed E-state index contributed by atoms with van der Waals surface area (Å²) in [6.07, 6.45) is 82.4. The quantitative estimate of drug-likeness (QED) is 0.0320. The van der Waals surface area contributed by atoms with Gasteiger partial charge in [-0.15, -0.1) is 0 Å². The number of nitrogens with one attached hydrogen (secondary N) is 1. The minimum Gasteiger partial charge on any atom is -0.466 e. The Kier molecular flexibility index (Phi) is 63.0. The lowest BCUT2D eigenvalue weighted by Gasteiger charge is -2.20. The van der Waals surface area contributed by atoms with E-state index in [4.69, 9.17) is 4.74 Å². The van der Waals surface area contributed by atoms with Gasteiger partial charge in [-0.25, -0.2) is 0 Å². The van der Waals surface area contributed by atoms with Crippen molar-refractivity contribution in [2.75, 3.05) is 13.2 Å². The maximum Gasteiger partial charge on any atom is 0.305 e. The maximum atomic E-state index is 12.4. The molecule has 0 rings (SSSR count). The first kappa shape index (κ1) is 73.1. The lowest BCUT2D eigenvalue weighted by atomic mass is 10.0. The van der Waals surface area contributed by atoms with E-state index in [-0.39, 0.29) is 18.5 Å². The van der Waals surface area contributed by atoms with Crippen molar-refractivity contribution >= 4 is 11.9 Å². The van der Waals surface area contributed by atoms with Gasteiger partial charge < -0.3 is 20.3 Å². The van der Waals surface area contributed by atoms with Gasteiger partial charge in [0, 0.05) is 12.8 Å². The van der Waals surface area contributed by atoms with Crippen LogP contribution in [0.3, 0.4) is 0 Å². The molecule has 2 unspecified atom stereocenters. The molecule has 0 aromatic heterocycles. The highest BCUT2D eigenvalue weighted by Gasteiger charge is 2.18. The Bertz CT molecular complexity index is 1210. The number of carbonyl (C=O) groups excluding carboxylic acids is 2. The molecule has 0 fully saturated rings.